The first-order chi connectivity index (χ1) is 11.9. The summed E-state index contributed by atoms with van der Waals surface area (Å²) in [7, 11) is 0. The van der Waals surface area contributed by atoms with E-state index < -0.39 is 0 Å². The molecule has 1 aromatic carbocycles. The Labute approximate surface area is 146 Å². The van der Waals surface area contributed by atoms with Crippen molar-refractivity contribution >= 4 is 11.8 Å². The van der Waals surface area contributed by atoms with Gasteiger partial charge in [-0.25, -0.2) is 0 Å². The third-order valence-electron chi connectivity index (χ3n) is 4.02. The zero-order valence-electron chi connectivity index (χ0n) is 14.5. The summed E-state index contributed by atoms with van der Waals surface area (Å²) in [5, 5.41) is 16.3. The van der Waals surface area contributed by atoms with Crippen LogP contribution in [-0.4, -0.2) is 39.4 Å². The normalized spacial score (nSPS) is 12.2. The van der Waals surface area contributed by atoms with Crippen molar-refractivity contribution in [1.82, 2.24) is 15.1 Å². The zero-order valence-corrected chi connectivity index (χ0v) is 14.5. The van der Waals surface area contributed by atoms with Gasteiger partial charge in [0.15, 0.2) is 0 Å². The minimum Gasteiger partial charge on any atom is -0.394 e. The number of amides is 2. The first-order valence-electron chi connectivity index (χ1n) is 8.23. The molecule has 0 saturated carbocycles. The van der Waals surface area contributed by atoms with Gasteiger partial charge in [-0.3, -0.25) is 14.3 Å². The predicted octanol–water partition coefficient (Wildman–Crippen LogP) is 1.17. The minimum absolute atomic E-state index is 0.0913. The highest BCUT2D eigenvalue weighted by Crippen LogP contribution is 2.19. The Bertz CT molecular complexity index is 722. The molecule has 2 rings (SSSR count). The molecule has 1 heterocycles. The fourth-order valence-electron chi connectivity index (χ4n) is 2.35. The molecule has 4 N–H and O–H groups in total. The van der Waals surface area contributed by atoms with Gasteiger partial charge >= 0.3 is 0 Å². The van der Waals surface area contributed by atoms with Crippen LogP contribution in [0.5, 0.6) is 0 Å². The molecule has 0 aliphatic heterocycles. The number of hydrogen-bond acceptors (Lipinski definition) is 4. The minimum atomic E-state index is -0.366. The molecule has 25 heavy (non-hydrogen) atoms. The lowest BCUT2D eigenvalue weighted by Gasteiger charge is -2.19. The van der Waals surface area contributed by atoms with E-state index in [9.17, 15) is 14.7 Å². The SMILES string of the molecule is CC(C)C(CO)NC(=O)c1ccc(-c2cnn(CCC(N)=O)c2)cc1. The monoisotopic (exact) mass is 344 g/mol. The summed E-state index contributed by atoms with van der Waals surface area (Å²) < 4.78 is 1.66. The quantitative estimate of drug-likeness (QED) is 0.667. The van der Waals surface area contributed by atoms with Crippen LogP contribution in [0.2, 0.25) is 0 Å². The van der Waals surface area contributed by atoms with Gasteiger partial charge in [-0.2, -0.15) is 5.10 Å². The molecule has 0 spiro atoms. The summed E-state index contributed by atoms with van der Waals surface area (Å²) >= 11 is 0. The average molecular weight is 344 g/mol. The van der Waals surface area contributed by atoms with Gasteiger partial charge in [-0.15, -0.1) is 0 Å². The Morgan fingerprint density at radius 3 is 2.48 bits per heavy atom. The molecule has 7 heteroatoms. The molecule has 1 aromatic heterocycles. The molecule has 134 valence electrons. The molecule has 0 bridgehead atoms. The van der Waals surface area contributed by atoms with Crippen molar-refractivity contribution in [2.24, 2.45) is 11.7 Å². The molecule has 0 aliphatic carbocycles. The number of primary amides is 1. The van der Waals surface area contributed by atoms with E-state index in [0.717, 1.165) is 11.1 Å². The number of benzene rings is 1. The maximum atomic E-state index is 12.2. The number of nitrogens with zero attached hydrogens (tertiary/aromatic N) is 2. The van der Waals surface area contributed by atoms with E-state index in [1.807, 2.05) is 32.2 Å². The van der Waals surface area contributed by atoms with Gasteiger partial charge in [0.2, 0.25) is 5.91 Å². The smallest absolute Gasteiger partial charge is 0.251 e. The Kier molecular flexibility index (Phi) is 6.30. The van der Waals surface area contributed by atoms with E-state index in [-0.39, 0.29) is 36.8 Å². The maximum absolute atomic E-state index is 12.2. The van der Waals surface area contributed by atoms with Crippen molar-refractivity contribution in [2.75, 3.05) is 6.61 Å². The van der Waals surface area contributed by atoms with Gasteiger partial charge in [0.05, 0.1) is 18.8 Å². The van der Waals surface area contributed by atoms with Crippen LogP contribution in [0.4, 0.5) is 0 Å². The first kappa shape index (κ1) is 18.7. The second-order valence-corrected chi connectivity index (χ2v) is 6.29. The average Bonchev–Trinajstić information content (AvgIpc) is 3.06. The largest absolute Gasteiger partial charge is 0.394 e. The number of aryl methyl sites for hydroxylation is 1. The van der Waals surface area contributed by atoms with Crippen molar-refractivity contribution in [3.05, 3.63) is 42.2 Å². The molecule has 2 aromatic rings. The van der Waals surface area contributed by atoms with Gasteiger partial charge in [0.1, 0.15) is 0 Å². The van der Waals surface area contributed by atoms with Gasteiger partial charge in [-0.05, 0) is 23.6 Å². The summed E-state index contributed by atoms with van der Waals surface area (Å²) in [6, 6.07) is 6.89. The number of aromatic nitrogens is 2. The molecular weight excluding hydrogens is 320 g/mol. The molecular formula is C18H24N4O3. The number of hydrogen-bond donors (Lipinski definition) is 3. The maximum Gasteiger partial charge on any atom is 0.251 e. The second kappa shape index (κ2) is 8.43. The predicted molar refractivity (Wildman–Crippen MR) is 94.7 cm³/mol. The summed E-state index contributed by atoms with van der Waals surface area (Å²) in [5.41, 5.74) is 7.48. The second-order valence-electron chi connectivity index (χ2n) is 6.29. The summed E-state index contributed by atoms with van der Waals surface area (Å²) in [6.07, 6.45) is 3.78. The van der Waals surface area contributed by atoms with E-state index >= 15 is 0 Å². The number of carbonyl (C=O) groups excluding carboxylic acids is 2. The molecule has 1 atom stereocenters. The van der Waals surface area contributed by atoms with Gasteiger partial charge in [-0.1, -0.05) is 26.0 Å². The van der Waals surface area contributed by atoms with Crippen LogP contribution in [-0.2, 0) is 11.3 Å². The van der Waals surface area contributed by atoms with Gasteiger partial charge in [0, 0.05) is 30.3 Å². The molecule has 0 aliphatic rings. The third kappa shape index (κ3) is 5.15. The van der Waals surface area contributed by atoms with Crippen molar-refractivity contribution < 1.29 is 14.7 Å². The van der Waals surface area contributed by atoms with Crippen LogP contribution >= 0.6 is 0 Å². The van der Waals surface area contributed by atoms with Crippen LogP contribution in [0, 0.1) is 5.92 Å². The Morgan fingerprint density at radius 2 is 1.92 bits per heavy atom. The third-order valence-corrected chi connectivity index (χ3v) is 4.02. The highest BCUT2D eigenvalue weighted by Gasteiger charge is 2.16. The number of rotatable bonds is 8. The van der Waals surface area contributed by atoms with Crippen LogP contribution in [0.3, 0.4) is 0 Å². The number of aliphatic hydroxyl groups excluding tert-OH is 1. The van der Waals surface area contributed by atoms with Crippen molar-refractivity contribution in [2.45, 2.75) is 32.9 Å². The molecule has 1 unspecified atom stereocenters. The Balaban J connectivity index is 2.04. The van der Waals surface area contributed by atoms with Crippen molar-refractivity contribution in [1.29, 1.82) is 0 Å². The number of aliphatic hydroxyl groups is 1. The lowest BCUT2D eigenvalue weighted by Crippen LogP contribution is -2.41. The standard InChI is InChI=1S/C18H24N4O3/c1-12(2)16(11-23)21-18(25)14-5-3-13(4-6-14)15-9-20-22(10-15)8-7-17(19)24/h3-6,9-10,12,16,23H,7-8,11H2,1-2H3,(H2,19,24)(H,21,25). The Hall–Kier alpha value is -2.67. The van der Waals surface area contributed by atoms with Crippen molar-refractivity contribution in [3.63, 3.8) is 0 Å². The lowest BCUT2D eigenvalue weighted by molar-refractivity contribution is -0.118. The molecule has 0 radical (unpaired) electrons. The Morgan fingerprint density at radius 1 is 1.24 bits per heavy atom. The molecule has 0 fully saturated rings. The van der Waals surface area contributed by atoms with E-state index in [2.05, 4.69) is 10.4 Å². The summed E-state index contributed by atoms with van der Waals surface area (Å²) in [5.74, 6) is -0.425. The van der Waals surface area contributed by atoms with Crippen molar-refractivity contribution in [3.8, 4) is 11.1 Å². The van der Waals surface area contributed by atoms with Crippen LogP contribution in [0.1, 0.15) is 30.6 Å². The summed E-state index contributed by atoms with van der Waals surface area (Å²) in [4.78, 5) is 23.1. The van der Waals surface area contributed by atoms with E-state index in [1.54, 1.807) is 23.0 Å². The lowest BCUT2D eigenvalue weighted by atomic mass is 10.0. The number of nitrogens with two attached hydrogens (primary N) is 1. The number of nitrogens with one attached hydrogen (secondary N) is 1. The van der Waals surface area contributed by atoms with Gasteiger partial charge < -0.3 is 16.2 Å². The summed E-state index contributed by atoms with van der Waals surface area (Å²) in [6.45, 7) is 4.24. The molecule has 2 amide bonds. The van der Waals surface area contributed by atoms with Crippen LogP contribution < -0.4 is 11.1 Å². The van der Waals surface area contributed by atoms with Crippen LogP contribution in [0.15, 0.2) is 36.7 Å². The van der Waals surface area contributed by atoms with E-state index in [1.165, 1.54) is 0 Å². The fourth-order valence-corrected chi connectivity index (χ4v) is 2.35. The topological polar surface area (TPSA) is 110 Å². The molecule has 0 saturated heterocycles. The van der Waals surface area contributed by atoms with E-state index in [0.29, 0.717) is 12.1 Å². The highest BCUT2D eigenvalue weighted by molar-refractivity contribution is 5.94. The van der Waals surface area contributed by atoms with E-state index in [4.69, 9.17) is 5.73 Å². The first-order valence-corrected chi connectivity index (χ1v) is 8.23. The zero-order chi connectivity index (χ0) is 18.4. The fraction of sp³-hybridized carbons (Fsp3) is 0.389. The highest BCUT2D eigenvalue weighted by atomic mass is 16.3. The number of carbonyl (C=O) groups is 2. The molecule has 7 nitrogen and oxygen atoms in total. The van der Waals surface area contributed by atoms with Crippen LogP contribution in [0.25, 0.3) is 11.1 Å². The van der Waals surface area contributed by atoms with Gasteiger partial charge in [0.25, 0.3) is 5.91 Å².